The number of nitrogens with zero attached hydrogens (tertiary/aromatic N) is 3. The molecule has 3 aromatic rings. The number of benzene rings is 1. The molecule has 2 heterocycles. The highest BCUT2D eigenvalue weighted by molar-refractivity contribution is 7.15. The van der Waals surface area contributed by atoms with E-state index in [-0.39, 0.29) is 5.41 Å². The van der Waals surface area contributed by atoms with Gasteiger partial charge in [0.1, 0.15) is 0 Å². The number of hydrogen-bond acceptors (Lipinski definition) is 4. The van der Waals surface area contributed by atoms with Crippen LogP contribution in [0.5, 0.6) is 0 Å². The van der Waals surface area contributed by atoms with Gasteiger partial charge in [-0.3, -0.25) is 4.40 Å². The van der Waals surface area contributed by atoms with E-state index in [1.165, 1.54) is 5.69 Å². The first-order valence-electron chi connectivity index (χ1n) is 6.57. The van der Waals surface area contributed by atoms with Gasteiger partial charge in [-0.1, -0.05) is 26.8 Å². The molecular weight excluding hydrogens is 268 g/mol. The van der Waals surface area contributed by atoms with E-state index >= 15 is 0 Å². The van der Waals surface area contributed by atoms with Gasteiger partial charge >= 0.3 is 0 Å². The highest BCUT2D eigenvalue weighted by atomic mass is 32.1. The van der Waals surface area contributed by atoms with Crippen LogP contribution in [-0.4, -0.2) is 14.6 Å². The Morgan fingerprint density at radius 3 is 2.65 bits per heavy atom. The fourth-order valence-corrected chi connectivity index (χ4v) is 3.35. The third kappa shape index (κ3) is 1.98. The van der Waals surface area contributed by atoms with Crippen molar-refractivity contribution in [2.45, 2.75) is 33.1 Å². The second kappa shape index (κ2) is 4.31. The molecular formula is C15H18N4S. The first-order valence-corrected chi connectivity index (χ1v) is 7.45. The average molecular weight is 286 g/mol. The Bertz CT molecular complexity index is 777. The van der Waals surface area contributed by atoms with Crippen LogP contribution >= 0.6 is 11.3 Å². The smallest absolute Gasteiger partial charge is 0.216 e. The van der Waals surface area contributed by atoms with Gasteiger partial charge in [-0.2, -0.15) is 0 Å². The molecule has 1 aromatic carbocycles. The Kier molecular flexibility index (Phi) is 2.83. The van der Waals surface area contributed by atoms with E-state index in [1.807, 2.05) is 18.2 Å². The van der Waals surface area contributed by atoms with Gasteiger partial charge in [0.25, 0.3) is 0 Å². The Morgan fingerprint density at radius 1 is 1.20 bits per heavy atom. The van der Waals surface area contributed by atoms with E-state index in [4.69, 9.17) is 5.73 Å². The minimum absolute atomic E-state index is 0.0452. The van der Waals surface area contributed by atoms with Crippen LogP contribution in [0.2, 0.25) is 0 Å². The summed E-state index contributed by atoms with van der Waals surface area (Å²) >= 11 is 1.62. The molecule has 0 aliphatic carbocycles. The summed E-state index contributed by atoms with van der Waals surface area (Å²) in [5.74, 6) is 0.871. The van der Waals surface area contributed by atoms with Gasteiger partial charge < -0.3 is 5.73 Å². The number of anilines is 1. The van der Waals surface area contributed by atoms with Crippen LogP contribution in [0.1, 0.15) is 32.0 Å². The molecule has 0 spiro atoms. The lowest BCUT2D eigenvalue weighted by Gasteiger charge is -2.18. The number of hydrogen-bond donors (Lipinski definition) is 1. The van der Waals surface area contributed by atoms with Crippen LogP contribution in [-0.2, 0) is 5.41 Å². The van der Waals surface area contributed by atoms with Crippen molar-refractivity contribution in [1.82, 2.24) is 14.6 Å². The van der Waals surface area contributed by atoms with Crippen molar-refractivity contribution in [2.24, 2.45) is 0 Å². The Morgan fingerprint density at radius 2 is 1.95 bits per heavy atom. The van der Waals surface area contributed by atoms with Crippen molar-refractivity contribution in [3.8, 4) is 11.4 Å². The van der Waals surface area contributed by atoms with E-state index in [2.05, 4.69) is 47.7 Å². The first-order chi connectivity index (χ1) is 9.38. The molecule has 0 fully saturated rings. The Balaban J connectivity index is 2.32. The van der Waals surface area contributed by atoms with E-state index < -0.39 is 0 Å². The molecule has 0 unspecified atom stereocenters. The second-order valence-corrected chi connectivity index (χ2v) is 6.92. The summed E-state index contributed by atoms with van der Waals surface area (Å²) in [6.45, 7) is 8.67. The third-order valence-electron chi connectivity index (χ3n) is 3.42. The number of nitrogen functional groups attached to an aromatic ring is 1. The van der Waals surface area contributed by atoms with Crippen molar-refractivity contribution in [3.05, 3.63) is 34.8 Å². The van der Waals surface area contributed by atoms with Crippen LogP contribution in [0.25, 0.3) is 16.3 Å². The monoisotopic (exact) mass is 286 g/mol. The van der Waals surface area contributed by atoms with Crippen LogP contribution in [0, 0.1) is 6.92 Å². The number of fused-ring (bicyclic) bond motifs is 1. The lowest BCUT2D eigenvalue weighted by atomic mass is 9.93. The summed E-state index contributed by atoms with van der Waals surface area (Å²) in [6, 6.07) is 5.90. The molecule has 0 saturated heterocycles. The van der Waals surface area contributed by atoms with Gasteiger partial charge in [0.05, 0.1) is 0 Å². The summed E-state index contributed by atoms with van der Waals surface area (Å²) < 4.78 is 2.15. The van der Waals surface area contributed by atoms with Crippen LogP contribution in [0.4, 0.5) is 5.69 Å². The van der Waals surface area contributed by atoms with Crippen LogP contribution in [0.15, 0.2) is 23.6 Å². The molecule has 2 aromatic heterocycles. The predicted molar refractivity (Wildman–Crippen MR) is 84.1 cm³/mol. The van der Waals surface area contributed by atoms with E-state index in [9.17, 15) is 0 Å². The van der Waals surface area contributed by atoms with Gasteiger partial charge in [0, 0.05) is 27.7 Å². The molecule has 20 heavy (non-hydrogen) atoms. The summed E-state index contributed by atoms with van der Waals surface area (Å²) in [4.78, 5) is 0.923. The molecule has 0 amide bonds. The minimum Gasteiger partial charge on any atom is -0.399 e. The Hall–Kier alpha value is -1.88. The molecule has 0 saturated carbocycles. The standard InChI is InChI=1S/C15H18N4S/c1-9-5-6-10(16)7-11(9)13-17-18-14-19(13)12(8-20-14)15(2,3)4/h5-8H,16H2,1-4H3. The molecule has 0 aliphatic heterocycles. The van der Waals surface area contributed by atoms with E-state index in [1.54, 1.807) is 11.3 Å². The lowest BCUT2D eigenvalue weighted by Crippen LogP contribution is -2.14. The topological polar surface area (TPSA) is 56.2 Å². The van der Waals surface area contributed by atoms with E-state index in [0.717, 1.165) is 27.6 Å². The van der Waals surface area contributed by atoms with Gasteiger partial charge in [-0.25, -0.2) is 0 Å². The van der Waals surface area contributed by atoms with Gasteiger partial charge in [-0.15, -0.1) is 21.5 Å². The maximum absolute atomic E-state index is 5.92. The lowest BCUT2D eigenvalue weighted by molar-refractivity contribution is 0.565. The first kappa shape index (κ1) is 13.1. The summed E-state index contributed by atoms with van der Waals surface area (Å²) in [6.07, 6.45) is 0. The highest BCUT2D eigenvalue weighted by Crippen LogP contribution is 2.32. The SMILES string of the molecule is Cc1ccc(N)cc1-c1nnc2scc(C(C)(C)C)n12. The van der Waals surface area contributed by atoms with Crippen molar-refractivity contribution >= 4 is 22.0 Å². The minimum atomic E-state index is 0.0452. The van der Waals surface area contributed by atoms with Crippen molar-refractivity contribution < 1.29 is 0 Å². The second-order valence-electron chi connectivity index (χ2n) is 6.09. The number of rotatable bonds is 1. The maximum atomic E-state index is 5.92. The zero-order valence-corrected chi connectivity index (χ0v) is 13.0. The Labute approximate surface area is 122 Å². The van der Waals surface area contributed by atoms with Gasteiger partial charge in [0.2, 0.25) is 4.96 Å². The molecule has 3 rings (SSSR count). The fraction of sp³-hybridized carbons (Fsp3) is 0.333. The molecule has 0 radical (unpaired) electrons. The fourth-order valence-electron chi connectivity index (χ4n) is 2.29. The highest BCUT2D eigenvalue weighted by Gasteiger charge is 2.23. The van der Waals surface area contributed by atoms with E-state index in [0.29, 0.717) is 0 Å². The summed E-state index contributed by atoms with van der Waals surface area (Å²) in [5, 5.41) is 10.8. The predicted octanol–water partition coefficient (Wildman–Crippen LogP) is 3.65. The zero-order chi connectivity index (χ0) is 14.5. The number of nitrogens with two attached hydrogens (primary N) is 1. The quantitative estimate of drug-likeness (QED) is 0.695. The largest absolute Gasteiger partial charge is 0.399 e. The molecule has 104 valence electrons. The number of aromatic nitrogens is 3. The number of thiazole rings is 1. The average Bonchev–Trinajstić information content (AvgIpc) is 2.92. The molecule has 0 bridgehead atoms. The van der Waals surface area contributed by atoms with Crippen LogP contribution < -0.4 is 5.73 Å². The molecule has 4 nitrogen and oxygen atoms in total. The summed E-state index contributed by atoms with van der Waals surface area (Å²) in [7, 11) is 0. The molecule has 2 N–H and O–H groups in total. The normalized spacial score (nSPS) is 12.2. The van der Waals surface area contributed by atoms with Gasteiger partial charge in [-0.05, 0) is 24.6 Å². The summed E-state index contributed by atoms with van der Waals surface area (Å²) in [5.41, 5.74) is 10.1. The van der Waals surface area contributed by atoms with Crippen LogP contribution in [0.3, 0.4) is 0 Å². The van der Waals surface area contributed by atoms with Crippen molar-refractivity contribution in [2.75, 3.05) is 5.73 Å². The van der Waals surface area contributed by atoms with Crippen molar-refractivity contribution in [1.29, 1.82) is 0 Å². The van der Waals surface area contributed by atoms with Gasteiger partial charge in [0.15, 0.2) is 5.82 Å². The molecule has 5 heteroatoms. The molecule has 0 atom stereocenters. The third-order valence-corrected chi connectivity index (χ3v) is 4.24. The number of aryl methyl sites for hydroxylation is 1. The maximum Gasteiger partial charge on any atom is 0.216 e. The zero-order valence-electron chi connectivity index (χ0n) is 12.1. The molecule has 0 aliphatic rings. The van der Waals surface area contributed by atoms with Crippen molar-refractivity contribution in [3.63, 3.8) is 0 Å².